The number of nitrogens with zero attached hydrogens (tertiary/aromatic N) is 2. The highest BCUT2D eigenvalue weighted by Gasteiger charge is 2.18. The monoisotopic (exact) mass is 311 g/mol. The topological polar surface area (TPSA) is 54.5 Å². The largest absolute Gasteiger partial charge is 0.492 e. The van der Waals surface area contributed by atoms with Gasteiger partial charge in [-0.1, -0.05) is 11.6 Å². The first kappa shape index (κ1) is 16.0. The molecule has 1 amide bonds. The molecule has 5 nitrogen and oxygen atoms in total. The zero-order chi connectivity index (χ0) is 15.1. The summed E-state index contributed by atoms with van der Waals surface area (Å²) in [6.45, 7) is 5.35. The molecule has 21 heavy (non-hydrogen) atoms. The lowest BCUT2D eigenvalue weighted by atomic mass is 10.0. The predicted molar refractivity (Wildman–Crippen MR) is 82.6 cm³/mol. The maximum Gasteiger partial charge on any atom is 0.217 e. The number of amides is 1. The number of hydrogen-bond donors (Lipinski definition) is 1. The summed E-state index contributed by atoms with van der Waals surface area (Å²) in [5.74, 6) is 0.821. The number of hydrogen-bond acceptors (Lipinski definition) is 4. The van der Waals surface area contributed by atoms with Crippen molar-refractivity contribution in [1.82, 2.24) is 15.2 Å². The molecule has 0 radical (unpaired) electrons. The fourth-order valence-electron chi connectivity index (χ4n) is 2.51. The average Bonchev–Trinajstić information content (AvgIpc) is 2.46. The molecule has 0 aliphatic carbocycles. The number of piperidine rings is 1. The van der Waals surface area contributed by atoms with Gasteiger partial charge in [-0.15, -0.1) is 0 Å². The lowest BCUT2D eigenvalue weighted by molar-refractivity contribution is -0.119. The van der Waals surface area contributed by atoms with Crippen LogP contribution in [0.5, 0.6) is 5.75 Å². The maximum absolute atomic E-state index is 11.0. The number of pyridine rings is 1. The Kier molecular flexibility index (Phi) is 6.26. The predicted octanol–water partition coefficient (Wildman–Crippen LogP) is 2.10. The number of carbonyl (C=O) groups excluding carboxylic acids is 1. The van der Waals surface area contributed by atoms with E-state index in [1.165, 1.54) is 0 Å². The number of aromatic nitrogens is 1. The van der Waals surface area contributed by atoms with E-state index in [2.05, 4.69) is 15.2 Å². The van der Waals surface area contributed by atoms with Gasteiger partial charge >= 0.3 is 0 Å². The van der Waals surface area contributed by atoms with Gasteiger partial charge in [0.15, 0.2) is 0 Å². The number of nitrogens with one attached hydrogen (secondary N) is 1. The minimum Gasteiger partial charge on any atom is -0.492 e. The van der Waals surface area contributed by atoms with Gasteiger partial charge in [-0.05, 0) is 31.4 Å². The van der Waals surface area contributed by atoms with Crippen molar-refractivity contribution in [2.45, 2.75) is 32.2 Å². The van der Waals surface area contributed by atoms with E-state index in [1.54, 1.807) is 19.2 Å². The molecule has 0 atom stereocenters. The van der Waals surface area contributed by atoms with Gasteiger partial charge in [0.2, 0.25) is 5.91 Å². The summed E-state index contributed by atoms with van der Waals surface area (Å²) < 4.78 is 5.62. The number of halogens is 1. The number of ether oxygens (including phenoxy) is 1. The molecule has 0 bridgehead atoms. The number of carbonyl (C=O) groups is 1. The Morgan fingerprint density at radius 2 is 2.24 bits per heavy atom. The second kappa shape index (κ2) is 8.20. The van der Waals surface area contributed by atoms with Crippen LogP contribution in [0.1, 0.15) is 26.2 Å². The molecule has 1 aromatic rings. The minimum absolute atomic E-state index is 0.0680. The molecule has 0 spiro atoms. The number of likely N-dealkylation sites (tertiary alicyclic amines) is 1. The molecule has 116 valence electrons. The normalized spacial score (nSPS) is 16.7. The third kappa shape index (κ3) is 5.89. The highest BCUT2D eigenvalue weighted by molar-refractivity contribution is 6.29. The molecule has 1 N–H and O–H groups in total. The fourth-order valence-corrected chi connectivity index (χ4v) is 2.63. The van der Waals surface area contributed by atoms with E-state index in [9.17, 15) is 4.79 Å². The van der Waals surface area contributed by atoms with Gasteiger partial charge in [-0.25, -0.2) is 4.98 Å². The molecule has 1 aromatic heterocycles. The van der Waals surface area contributed by atoms with Crippen LogP contribution in [0, 0.1) is 0 Å². The van der Waals surface area contributed by atoms with E-state index >= 15 is 0 Å². The number of rotatable bonds is 6. The molecule has 0 saturated carbocycles. The van der Waals surface area contributed by atoms with E-state index < -0.39 is 0 Å². The summed E-state index contributed by atoms with van der Waals surface area (Å²) in [6, 6.07) is 3.90. The molecule has 1 aliphatic rings. The Morgan fingerprint density at radius 1 is 1.48 bits per heavy atom. The van der Waals surface area contributed by atoms with Crippen molar-refractivity contribution < 1.29 is 9.53 Å². The van der Waals surface area contributed by atoms with E-state index in [4.69, 9.17) is 16.3 Å². The average molecular weight is 312 g/mol. The van der Waals surface area contributed by atoms with Crippen LogP contribution in [0.25, 0.3) is 0 Å². The second-order valence-electron chi connectivity index (χ2n) is 5.34. The first-order chi connectivity index (χ1) is 10.1. The molecule has 2 heterocycles. The van der Waals surface area contributed by atoms with E-state index in [0.29, 0.717) is 17.8 Å². The Balaban J connectivity index is 1.57. The van der Waals surface area contributed by atoms with E-state index in [-0.39, 0.29) is 5.91 Å². The van der Waals surface area contributed by atoms with Crippen LogP contribution in [0.4, 0.5) is 0 Å². The Labute approximate surface area is 130 Å². The quantitative estimate of drug-likeness (QED) is 0.646. The van der Waals surface area contributed by atoms with Crippen LogP contribution in [-0.2, 0) is 4.79 Å². The molecule has 6 heteroatoms. The van der Waals surface area contributed by atoms with Crippen LogP contribution in [0.3, 0.4) is 0 Å². The first-order valence-corrected chi connectivity index (χ1v) is 7.75. The van der Waals surface area contributed by atoms with Crippen molar-refractivity contribution in [3.63, 3.8) is 0 Å². The second-order valence-corrected chi connectivity index (χ2v) is 5.72. The molecular weight excluding hydrogens is 290 g/mol. The maximum atomic E-state index is 11.0. The molecule has 1 fully saturated rings. The summed E-state index contributed by atoms with van der Waals surface area (Å²) in [4.78, 5) is 17.4. The van der Waals surface area contributed by atoms with Gasteiger partial charge in [-0.3, -0.25) is 4.79 Å². The lowest BCUT2D eigenvalue weighted by Gasteiger charge is -2.32. The van der Waals surface area contributed by atoms with Gasteiger partial charge in [0.25, 0.3) is 0 Å². The summed E-state index contributed by atoms with van der Waals surface area (Å²) in [5.41, 5.74) is 0. The third-order valence-electron chi connectivity index (χ3n) is 3.58. The van der Waals surface area contributed by atoms with Crippen LogP contribution in [-0.4, -0.2) is 48.1 Å². The van der Waals surface area contributed by atoms with Crippen LogP contribution < -0.4 is 10.1 Å². The third-order valence-corrected chi connectivity index (χ3v) is 3.81. The van der Waals surface area contributed by atoms with Gasteiger partial charge in [0.1, 0.15) is 10.9 Å². The van der Waals surface area contributed by atoms with Gasteiger partial charge < -0.3 is 15.0 Å². The van der Waals surface area contributed by atoms with Crippen LogP contribution in [0.2, 0.25) is 5.15 Å². The smallest absolute Gasteiger partial charge is 0.217 e. The highest BCUT2D eigenvalue weighted by Crippen LogP contribution is 2.13. The van der Waals surface area contributed by atoms with E-state index in [1.807, 2.05) is 6.07 Å². The molecule has 0 unspecified atom stereocenters. The standard InChI is InChI=1S/C15H22ClN3O2/c1-12(20)18-13-5-8-19(9-6-13)7-2-10-21-14-3-4-15(16)17-11-14/h3-4,11,13H,2,5-10H2,1H3,(H,18,20). The molecule has 1 saturated heterocycles. The van der Waals surface area contributed by atoms with E-state index in [0.717, 1.165) is 44.6 Å². The summed E-state index contributed by atoms with van der Waals surface area (Å²) in [5, 5.41) is 3.46. The Hall–Kier alpha value is -1.33. The molecular formula is C15H22ClN3O2. The SMILES string of the molecule is CC(=O)NC1CCN(CCCOc2ccc(Cl)nc2)CC1. The first-order valence-electron chi connectivity index (χ1n) is 7.37. The van der Waals surface area contributed by atoms with Crippen LogP contribution in [0.15, 0.2) is 18.3 Å². The summed E-state index contributed by atoms with van der Waals surface area (Å²) >= 11 is 5.72. The Morgan fingerprint density at radius 3 is 2.86 bits per heavy atom. The van der Waals surface area contributed by atoms with Crippen LogP contribution >= 0.6 is 11.6 Å². The minimum atomic E-state index is 0.0680. The molecule has 1 aliphatic heterocycles. The summed E-state index contributed by atoms with van der Waals surface area (Å²) in [6.07, 6.45) is 4.68. The van der Waals surface area contributed by atoms with Crippen molar-refractivity contribution in [3.8, 4) is 5.75 Å². The van der Waals surface area contributed by atoms with Gasteiger partial charge in [0.05, 0.1) is 12.8 Å². The van der Waals surface area contributed by atoms with Gasteiger partial charge in [-0.2, -0.15) is 0 Å². The lowest BCUT2D eigenvalue weighted by Crippen LogP contribution is -2.44. The zero-order valence-corrected chi connectivity index (χ0v) is 13.1. The zero-order valence-electron chi connectivity index (χ0n) is 12.3. The summed E-state index contributed by atoms with van der Waals surface area (Å²) in [7, 11) is 0. The van der Waals surface area contributed by atoms with Gasteiger partial charge in [0, 0.05) is 32.6 Å². The molecule has 2 rings (SSSR count). The van der Waals surface area contributed by atoms with Crippen molar-refractivity contribution in [2.75, 3.05) is 26.2 Å². The molecule has 0 aromatic carbocycles. The fraction of sp³-hybridized carbons (Fsp3) is 0.600. The van der Waals surface area contributed by atoms with Crippen molar-refractivity contribution >= 4 is 17.5 Å². The highest BCUT2D eigenvalue weighted by atomic mass is 35.5. The van der Waals surface area contributed by atoms with Crippen molar-refractivity contribution in [3.05, 3.63) is 23.5 Å². The van der Waals surface area contributed by atoms with Crippen molar-refractivity contribution in [1.29, 1.82) is 0 Å². The Bertz CT molecular complexity index is 445. The van der Waals surface area contributed by atoms with Crippen molar-refractivity contribution in [2.24, 2.45) is 0 Å².